The maximum atomic E-state index is 12.4. The molecule has 1 aromatic rings. The van der Waals surface area contributed by atoms with Crippen LogP contribution in [0.2, 0.25) is 5.02 Å². The van der Waals surface area contributed by atoms with Gasteiger partial charge in [-0.3, -0.25) is 14.6 Å². The lowest BCUT2D eigenvalue weighted by Crippen LogP contribution is -2.52. The van der Waals surface area contributed by atoms with Crippen LogP contribution in [0.25, 0.3) is 0 Å². The summed E-state index contributed by atoms with van der Waals surface area (Å²) in [5.74, 6) is 0.0656. The van der Waals surface area contributed by atoms with Crippen molar-refractivity contribution in [3.8, 4) is 0 Å². The fourth-order valence-corrected chi connectivity index (χ4v) is 4.31. The number of carbonyl (C=O) groups excluding carboxylic acids is 1. The van der Waals surface area contributed by atoms with Gasteiger partial charge in [0.2, 0.25) is 5.91 Å². The van der Waals surface area contributed by atoms with Crippen molar-refractivity contribution < 1.29 is 9.53 Å². The molecule has 2 unspecified atom stereocenters. The number of likely N-dealkylation sites (tertiary alicyclic amines) is 1. The number of morpholine rings is 1. The molecule has 1 amide bonds. The number of nitrogens with one attached hydrogen (secondary N) is 1. The van der Waals surface area contributed by atoms with Crippen molar-refractivity contribution in [3.63, 3.8) is 0 Å². The number of piperidine rings is 1. The number of hydrogen-bond acceptors (Lipinski definition) is 4. The van der Waals surface area contributed by atoms with Crippen LogP contribution in [0.15, 0.2) is 24.3 Å². The summed E-state index contributed by atoms with van der Waals surface area (Å²) in [7, 11) is 0. The summed E-state index contributed by atoms with van der Waals surface area (Å²) in [5.41, 5.74) is 0.961. The summed E-state index contributed by atoms with van der Waals surface area (Å²) in [5, 5.41) is 3.77. The second-order valence-corrected chi connectivity index (χ2v) is 7.90. The van der Waals surface area contributed by atoms with E-state index in [1.54, 1.807) is 0 Å². The first kappa shape index (κ1) is 19.6. The summed E-state index contributed by atoms with van der Waals surface area (Å²) in [6, 6.07) is 8.21. The third-order valence-corrected chi connectivity index (χ3v) is 5.81. The fourth-order valence-electron chi connectivity index (χ4n) is 4.01. The van der Waals surface area contributed by atoms with Crippen molar-refractivity contribution in [3.05, 3.63) is 34.9 Å². The third kappa shape index (κ3) is 5.19. The molecule has 2 heterocycles. The van der Waals surface area contributed by atoms with Gasteiger partial charge in [0.25, 0.3) is 0 Å². The Morgan fingerprint density at radius 2 is 2.04 bits per heavy atom. The van der Waals surface area contributed by atoms with Crippen molar-refractivity contribution >= 4 is 17.5 Å². The number of ether oxygens (including phenoxy) is 1. The van der Waals surface area contributed by atoms with Crippen molar-refractivity contribution in [2.45, 2.75) is 44.9 Å². The number of amides is 1. The highest BCUT2D eigenvalue weighted by Crippen LogP contribution is 2.22. The molecule has 2 atom stereocenters. The molecule has 0 saturated carbocycles. The molecule has 2 aliphatic heterocycles. The number of benzene rings is 1. The molecular formula is C20H30ClN3O2. The van der Waals surface area contributed by atoms with Gasteiger partial charge in [-0.15, -0.1) is 0 Å². The minimum Gasteiger partial charge on any atom is -0.376 e. The number of halogens is 1. The van der Waals surface area contributed by atoms with E-state index in [1.807, 2.05) is 31.2 Å². The van der Waals surface area contributed by atoms with E-state index in [2.05, 4.69) is 22.0 Å². The van der Waals surface area contributed by atoms with Crippen LogP contribution >= 0.6 is 11.6 Å². The molecule has 2 saturated heterocycles. The Morgan fingerprint density at radius 3 is 2.73 bits per heavy atom. The van der Waals surface area contributed by atoms with Crippen LogP contribution < -0.4 is 5.32 Å². The van der Waals surface area contributed by atoms with Crippen LogP contribution in [0.3, 0.4) is 0 Å². The fraction of sp³-hybridized carbons (Fsp3) is 0.650. The Hall–Kier alpha value is -1.14. The molecule has 0 radical (unpaired) electrons. The van der Waals surface area contributed by atoms with Gasteiger partial charge in [-0.2, -0.15) is 0 Å². The lowest BCUT2D eigenvalue weighted by atomic mass is 10.0. The molecule has 26 heavy (non-hydrogen) atoms. The molecule has 6 heteroatoms. The number of rotatable bonds is 5. The first-order valence-electron chi connectivity index (χ1n) is 9.64. The van der Waals surface area contributed by atoms with Gasteiger partial charge in [-0.1, -0.05) is 29.8 Å². The second-order valence-electron chi connectivity index (χ2n) is 7.49. The van der Waals surface area contributed by atoms with Gasteiger partial charge in [0.1, 0.15) is 0 Å². The summed E-state index contributed by atoms with van der Waals surface area (Å²) >= 11 is 6.22. The van der Waals surface area contributed by atoms with E-state index < -0.39 is 0 Å². The van der Waals surface area contributed by atoms with Crippen LogP contribution in [0, 0.1) is 0 Å². The summed E-state index contributed by atoms with van der Waals surface area (Å²) in [6.07, 6.45) is 2.58. The van der Waals surface area contributed by atoms with E-state index in [-0.39, 0.29) is 11.9 Å². The van der Waals surface area contributed by atoms with E-state index >= 15 is 0 Å². The van der Waals surface area contributed by atoms with Crippen LogP contribution in [0.1, 0.15) is 38.3 Å². The zero-order chi connectivity index (χ0) is 18.5. The maximum absolute atomic E-state index is 12.4. The average molecular weight is 380 g/mol. The van der Waals surface area contributed by atoms with Crippen LogP contribution in [0.5, 0.6) is 0 Å². The Morgan fingerprint density at radius 1 is 1.31 bits per heavy atom. The highest BCUT2D eigenvalue weighted by molar-refractivity contribution is 6.31. The van der Waals surface area contributed by atoms with E-state index in [0.717, 1.165) is 51.2 Å². The van der Waals surface area contributed by atoms with E-state index in [4.69, 9.17) is 16.3 Å². The molecular weight excluding hydrogens is 350 g/mol. The lowest BCUT2D eigenvalue weighted by molar-refractivity contribution is -0.123. The average Bonchev–Trinajstić information content (AvgIpc) is 2.62. The van der Waals surface area contributed by atoms with Crippen LogP contribution in [0.4, 0.5) is 0 Å². The molecule has 2 aliphatic rings. The van der Waals surface area contributed by atoms with Gasteiger partial charge in [0, 0.05) is 37.2 Å². The van der Waals surface area contributed by atoms with Crippen molar-refractivity contribution in [2.75, 3.05) is 39.3 Å². The van der Waals surface area contributed by atoms with Crippen molar-refractivity contribution in [1.29, 1.82) is 0 Å². The molecule has 144 valence electrons. The Kier molecular flexibility index (Phi) is 6.92. The molecule has 1 aromatic carbocycles. The molecule has 0 spiro atoms. The Bertz CT molecular complexity index is 604. The standard InChI is InChI=1S/C20H30ClN3O2/c1-15-13-24(11-12-26-15)17-7-9-23(10-8-17)14-20(25)22-16(2)18-5-3-4-6-19(18)21/h3-6,15-17H,7-14H2,1-2H3,(H,22,25). The first-order valence-corrected chi connectivity index (χ1v) is 10.0. The van der Waals surface area contributed by atoms with Gasteiger partial charge in [0.15, 0.2) is 0 Å². The van der Waals surface area contributed by atoms with E-state index in [1.165, 1.54) is 0 Å². The van der Waals surface area contributed by atoms with Gasteiger partial charge in [-0.25, -0.2) is 0 Å². The predicted octanol–water partition coefficient (Wildman–Crippen LogP) is 2.70. The van der Waals surface area contributed by atoms with Gasteiger partial charge in [0.05, 0.1) is 25.3 Å². The van der Waals surface area contributed by atoms with Crippen LogP contribution in [-0.2, 0) is 9.53 Å². The normalized spacial score (nSPS) is 24.3. The molecule has 0 bridgehead atoms. The third-order valence-electron chi connectivity index (χ3n) is 5.46. The smallest absolute Gasteiger partial charge is 0.234 e. The van der Waals surface area contributed by atoms with E-state index in [9.17, 15) is 4.79 Å². The quantitative estimate of drug-likeness (QED) is 0.854. The number of carbonyl (C=O) groups is 1. The minimum absolute atomic E-state index is 0.0656. The molecule has 1 N–H and O–H groups in total. The Labute approximate surface area is 161 Å². The summed E-state index contributed by atoms with van der Waals surface area (Å²) in [6.45, 7) is 9.43. The van der Waals surface area contributed by atoms with E-state index in [0.29, 0.717) is 23.7 Å². The molecule has 2 fully saturated rings. The van der Waals surface area contributed by atoms with Crippen LogP contribution in [-0.4, -0.2) is 67.2 Å². The SMILES string of the molecule is CC1CN(C2CCN(CC(=O)NC(C)c3ccccc3Cl)CC2)CCO1. The van der Waals surface area contributed by atoms with Gasteiger partial charge in [-0.05, 0) is 38.3 Å². The van der Waals surface area contributed by atoms with Gasteiger partial charge >= 0.3 is 0 Å². The molecule has 0 aliphatic carbocycles. The summed E-state index contributed by atoms with van der Waals surface area (Å²) in [4.78, 5) is 17.2. The van der Waals surface area contributed by atoms with Crippen molar-refractivity contribution in [2.24, 2.45) is 0 Å². The molecule has 3 rings (SSSR count). The largest absolute Gasteiger partial charge is 0.376 e. The van der Waals surface area contributed by atoms with Crippen molar-refractivity contribution in [1.82, 2.24) is 15.1 Å². The zero-order valence-corrected chi connectivity index (χ0v) is 16.5. The number of hydrogen-bond donors (Lipinski definition) is 1. The van der Waals surface area contributed by atoms with Gasteiger partial charge < -0.3 is 10.1 Å². The summed E-state index contributed by atoms with van der Waals surface area (Å²) < 4.78 is 5.64. The predicted molar refractivity (Wildman–Crippen MR) is 104 cm³/mol. The maximum Gasteiger partial charge on any atom is 0.234 e. The Balaban J connectivity index is 1.42. The highest BCUT2D eigenvalue weighted by atomic mass is 35.5. The topological polar surface area (TPSA) is 44.8 Å². The minimum atomic E-state index is -0.0800. The molecule has 0 aromatic heterocycles. The monoisotopic (exact) mass is 379 g/mol. The highest BCUT2D eigenvalue weighted by Gasteiger charge is 2.28. The molecule has 5 nitrogen and oxygen atoms in total. The zero-order valence-electron chi connectivity index (χ0n) is 15.8. The lowest BCUT2D eigenvalue weighted by Gasteiger charge is -2.41. The number of nitrogens with zero attached hydrogens (tertiary/aromatic N) is 2. The first-order chi connectivity index (χ1) is 12.5. The second kappa shape index (κ2) is 9.18.